The van der Waals surface area contributed by atoms with Crippen LogP contribution in [0, 0.1) is 0 Å². The van der Waals surface area contributed by atoms with Gasteiger partial charge in [0.05, 0.1) is 12.6 Å². The number of carbonyl (C=O) groups excluding carboxylic acids is 2. The van der Waals surface area contributed by atoms with E-state index in [1.165, 1.54) is 4.90 Å². The summed E-state index contributed by atoms with van der Waals surface area (Å²) in [6.45, 7) is 2.97. The van der Waals surface area contributed by atoms with E-state index in [0.29, 0.717) is 19.5 Å². The summed E-state index contributed by atoms with van der Waals surface area (Å²) in [6.07, 6.45) is 2.77. The molecule has 1 saturated heterocycles. The topological polar surface area (TPSA) is 98.7 Å². The van der Waals surface area contributed by atoms with E-state index in [2.05, 4.69) is 0 Å². The molecule has 1 heterocycles. The Balaban J connectivity index is 0.00000324. The molecule has 0 aliphatic carbocycles. The molecule has 0 aromatic heterocycles. The van der Waals surface area contributed by atoms with Crippen molar-refractivity contribution in [3.05, 3.63) is 0 Å². The van der Waals surface area contributed by atoms with E-state index in [4.69, 9.17) is 16.2 Å². The van der Waals surface area contributed by atoms with Crippen LogP contribution in [0.1, 0.15) is 32.6 Å². The Morgan fingerprint density at radius 3 is 2.53 bits per heavy atom. The van der Waals surface area contributed by atoms with Gasteiger partial charge in [-0.15, -0.1) is 12.4 Å². The zero-order chi connectivity index (χ0) is 13.5. The minimum atomic E-state index is -0.493. The van der Waals surface area contributed by atoms with Gasteiger partial charge >= 0.3 is 0 Å². The number of ether oxygens (including phenoxy) is 1. The lowest BCUT2D eigenvalue weighted by molar-refractivity contribution is -0.145. The lowest BCUT2D eigenvalue weighted by Gasteiger charge is -2.24. The Morgan fingerprint density at radius 1 is 1.37 bits per heavy atom. The van der Waals surface area contributed by atoms with E-state index in [9.17, 15) is 9.59 Å². The first-order valence-corrected chi connectivity index (χ1v) is 6.51. The Kier molecular flexibility index (Phi) is 8.71. The molecule has 0 aromatic rings. The van der Waals surface area contributed by atoms with Crippen LogP contribution < -0.4 is 11.5 Å². The highest BCUT2D eigenvalue weighted by Crippen LogP contribution is 2.20. The minimum Gasteiger partial charge on any atom is -0.368 e. The highest BCUT2D eigenvalue weighted by Gasteiger charge is 2.33. The van der Waals surface area contributed by atoms with Gasteiger partial charge in [0.1, 0.15) is 6.10 Å². The number of nitrogens with two attached hydrogens (primary N) is 2. The standard InChI is InChI=1S/C12H23N3O3.ClH/c1-2-3-6-15(8-11(14)16)12(17)10-5-4-9(7-13)18-10;/h9-10H,2-8,13H2,1H3,(H2,14,16);1H/t9-,10+;/m1./s1. The number of rotatable bonds is 7. The second kappa shape index (κ2) is 9.12. The second-order valence-corrected chi connectivity index (χ2v) is 4.64. The fourth-order valence-electron chi connectivity index (χ4n) is 2.07. The summed E-state index contributed by atoms with van der Waals surface area (Å²) in [5.74, 6) is -0.633. The molecule has 1 rings (SSSR count). The van der Waals surface area contributed by atoms with E-state index in [-0.39, 0.29) is 31.0 Å². The van der Waals surface area contributed by atoms with Gasteiger partial charge in [-0.3, -0.25) is 9.59 Å². The number of unbranched alkanes of at least 4 members (excludes halogenated alkanes) is 1. The molecule has 0 spiro atoms. The predicted molar refractivity (Wildman–Crippen MR) is 74.9 cm³/mol. The van der Waals surface area contributed by atoms with Crippen LogP contribution >= 0.6 is 12.4 Å². The maximum Gasteiger partial charge on any atom is 0.252 e. The van der Waals surface area contributed by atoms with Crippen molar-refractivity contribution < 1.29 is 14.3 Å². The molecule has 2 amide bonds. The van der Waals surface area contributed by atoms with Gasteiger partial charge in [0, 0.05) is 13.1 Å². The molecular formula is C12H24ClN3O3. The average molecular weight is 294 g/mol. The van der Waals surface area contributed by atoms with Gasteiger partial charge in [-0.1, -0.05) is 13.3 Å². The Bertz CT molecular complexity index is 302. The van der Waals surface area contributed by atoms with Gasteiger partial charge in [0.15, 0.2) is 0 Å². The summed E-state index contributed by atoms with van der Waals surface area (Å²) in [5.41, 5.74) is 10.7. The van der Waals surface area contributed by atoms with Gasteiger partial charge < -0.3 is 21.1 Å². The second-order valence-electron chi connectivity index (χ2n) is 4.64. The first-order chi connectivity index (χ1) is 8.58. The van der Waals surface area contributed by atoms with Gasteiger partial charge in [0.25, 0.3) is 5.91 Å². The van der Waals surface area contributed by atoms with Crippen LogP contribution in [0.2, 0.25) is 0 Å². The summed E-state index contributed by atoms with van der Waals surface area (Å²) >= 11 is 0. The van der Waals surface area contributed by atoms with Crippen molar-refractivity contribution in [3.63, 3.8) is 0 Å². The smallest absolute Gasteiger partial charge is 0.252 e. The molecular weight excluding hydrogens is 270 g/mol. The van der Waals surface area contributed by atoms with E-state index >= 15 is 0 Å². The van der Waals surface area contributed by atoms with Crippen LogP contribution in [0.15, 0.2) is 0 Å². The van der Waals surface area contributed by atoms with E-state index in [0.717, 1.165) is 19.3 Å². The number of halogens is 1. The van der Waals surface area contributed by atoms with Gasteiger partial charge in [-0.2, -0.15) is 0 Å². The van der Waals surface area contributed by atoms with Crippen LogP contribution in [-0.2, 0) is 14.3 Å². The zero-order valence-electron chi connectivity index (χ0n) is 11.3. The molecule has 112 valence electrons. The van der Waals surface area contributed by atoms with Gasteiger partial charge in [-0.25, -0.2) is 0 Å². The van der Waals surface area contributed by atoms with E-state index in [1.807, 2.05) is 6.92 Å². The molecule has 4 N–H and O–H groups in total. The fraction of sp³-hybridized carbons (Fsp3) is 0.833. The third kappa shape index (κ3) is 5.76. The molecule has 6 nitrogen and oxygen atoms in total. The maximum atomic E-state index is 12.2. The minimum absolute atomic E-state index is 0. The summed E-state index contributed by atoms with van der Waals surface area (Å²) in [7, 11) is 0. The lowest BCUT2D eigenvalue weighted by Crippen LogP contribution is -2.44. The monoisotopic (exact) mass is 293 g/mol. The Morgan fingerprint density at radius 2 is 2.05 bits per heavy atom. The molecule has 1 aliphatic heterocycles. The highest BCUT2D eigenvalue weighted by molar-refractivity contribution is 5.86. The molecule has 2 atom stereocenters. The van der Waals surface area contributed by atoms with Crippen LogP contribution in [0.3, 0.4) is 0 Å². The summed E-state index contributed by atoms with van der Waals surface area (Å²) < 4.78 is 5.55. The van der Waals surface area contributed by atoms with Crippen LogP contribution in [0.5, 0.6) is 0 Å². The number of nitrogens with zero attached hydrogens (tertiary/aromatic N) is 1. The number of hydrogen-bond acceptors (Lipinski definition) is 4. The third-order valence-electron chi connectivity index (χ3n) is 3.09. The van der Waals surface area contributed by atoms with E-state index < -0.39 is 12.0 Å². The molecule has 7 heteroatoms. The first-order valence-electron chi connectivity index (χ1n) is 6.51. The molecule has 1 aliphatic rings. The van der Waals surface area contributed by atoms with Crippen LogP contribution in [0.4, 0.5) is 0 Å². The lowest BCUT2D eigenvalue weighted by atomic mass is 10.1. The SMILES string of the molecule is CCCCN(CC(N)=O)C(=O)[C@@H]1CC[C@H](CN)O1.Cl. The Labute approximate surface area is 120 Å². The highest BCUT2D eigenvalue weighted by atomic mass is 35.5. The molecule has 0 bridgehead atoms. The zero-order valence-corrected chi connectivity index (χ0v) is 12.2. The molecule has 0 radical (unpaired) electrons. The van der Waals surface area contributed by atoms with Crippen molar-refractivity contribution in [2.45, 2.75) is 44.8 Å². The van der Waals surface area contributed by atoms with Crippen molar-refractivity contribution in [1.82, 2.24) is 4.90 Å². The molecule has 0 aromatic carbocycles. The van der Waals surface area contributed by atoms with Crippen molar-refractivity contribution in [3.8, 4) is 0 Å². The Hall–Kier alpha value is -0.850. The quantitative estimate of drug-likeness (QED) is 0.692. The molecule has 0 unspecified atom stereocenters. The normalized spacial score (nSPS) is 21.8. The van der Waals surface area contributed by atoms with Gasteiger partial charge in [-0.05, 0) is 19.3 Å². The largest absolute Gasteiger partial charge is 0.368 e. The van der Waals surface area contributed by atoms with Crippen molar-refractivity contribution in [2.75, 3.05) is 19.6 Å². The first kappa shape index (κ1) is 18.1. The molecule has 0 saturated carbocycles. The van der Waals surface area contributed by atoms with Crippen molar-refractivity contribution >= 4 is 24.2 Å². The third-order valence-corrected chi connectivity index (χ3v) is 3.09. The molecule has 19 heavy (non-hydrogen) atoms. The average Bonchev–Trinajstić information content (AvgIpc) is 2.81. The van der Waals surface area contributed by atoms with Crippen LogP contribution in [-0.4, -0.2) is 48.6 Å². The molecule has 1 fully saturated rings. The predicted octanol–water partition coefficient (Wildman–Crippen LogP) is 0.0285. The van der Waals surface area contributed by atoms with Crippen molar-refractivity contribution in [2.24, 2.45) is 11.5 Å². The summed E-state index contributed by atoms with van der Waals surface area (Å²) in [4.78, 5) is 24.7. The number of amides is 2. The van der Waals surface area contributed by atoms with Gasteiger partial charge in [0.2, 0.25) is 5.91 Å². The summed E-state index contributed by atoms with van der Waals surface area (Å²) in [6, 6.07) is 0. The number of primary amides is 1. The maximum absolute atomic E-state index is 12.2. The fourth-order valence-corrected chi connectivity index (χ4v) is 2.07. The summed E-state index contributed by atoms with van der Waals surface area (Å²) in [5, 5.41) is 0. The van der Waals surface area contributed by atoms with E-state index in [1.54, 1.807) is 0 Å². The van der Waals surface area contributed by atoms with Crippen molar-refractivity contribution in [1.29, 1.82) is 0 Å². The number of hydrogen-bond donors (Lipinski definition) is 2. The number of carbonyl (C=O) groups is 2. The van der Waals surface area contributed by atoms with Crippen LogP contribution in [0.25, 0.3) is 0 Å².